The monoisotopic (exact) mass is 244 g/mol. The van der Waals surface area contributed by atoms with Crippen molar-refractivity contribution in [1.82, 2.24) is 10.2 Å². The first kappa shape index (κ1) is 11.7. The van der Waals surface area contributed by atoms with Crippen LogP contribution in [0.4, 0.5) is 0 Å². The largest absolute Gasteiger partial charge is 0.333 e. The number of fused-ring (bicyclic) bond motifs is 2. The Morgan fingerprint density at radius 2 is 2.28 bits per heavy atom. The maximum Gasteiger partial charge on any atom is 0.254 e. The fourth-order valence-electron chi connectivity index (χ4n) is 3.22. The maximum atomic E-state index is 12.6. The van der Waals surface area contributed by atoms with Gasteiger partial charge in [0.25, 0.3) is 5.91 Å². The number of nitrogens with one attached hydrogen (secondary N) is 1. The third-order valence-corrected chi connectivity index (χ3v) is 4.17. The molecule has 0 radical (unpaired) electrons. The van der Waals surface area contributed by atoms with Crippen LogP contribution < -0.4 is 5.32 Å². The zero-order valence-electron chi connectivity index (χ0n) is 11.1. The van der Waals surface area contributed by atoms with E-state index < -0.39 is 0 Å². The normalized spacial score (nSPS) is 22.7. The van der Waals surface area contributed by atoms with E-state index in [-0.39, 0.29) is 5.91 Å². The summed E-state index contributed by atoms with van der Waals surface area (Å²) in [6.45, 7) is 6.93. The molecule has 18 heavy (non-hydrogen) atoms. The molecule has 1 N–H and O–H groups in total. The number of amides is 1. The van der Waals surface area contributed by atoms with Crippen molar-refractivity contribution in [3.63, 3.8) is 0 Å². The van der Waals surface area contributed by atoms with Crippen molar-refractivity contribution in [2.75, 3.05) is 19.6 Å². The van der Waals surface area contributed by atoms with Gasteiger partial charge in [0.15, 0.2) is 0 Å². The Hall–Kier alpha value is -1.35. The van der Waals surface area contributed by atoms with Crippen LogP contribution in [0.15, 0.2) is 12.1 Å². The van der Waals surface area contributed by atoms with Gasteiger partial charge in [0.1, 0.15) is 0 Å². The molecule has 2 heterocycles. The van der Waals surface area contributed by atoms with Crippen LogP contribution in [0, 0.1) is 6.92 Å². The fourth-order valence-corrected chi connectivity index (χ4v) is 3.22. The fraction of sp³-hybridized carbons (Fsp3) is 0.533. The molecule has 1 atom stereocenters. The van der Waals surface area contributed by atoms with Gasteiger partial charge in [-0.1, -0.05) is 19.1 Å². The highest BCUT2D eigenvalue weighted by Crippen LogP contribution is 2.28. The van der Waals surface area contributed by atoms with Crippen molar-refractivity contribution in [2.24, 2.45) is 0 Å². The first-order valence-corrected chi connectivity index (χ1v) is 6.84. The van der Waals surface area contributed by atoms with Crippen molar-refractivity contribution in [2.45, 2.75) is 32.7 Å². The van der Waals surface area contributed by atoms with E-state index in [1.54, 1.807) is 0 Å². The molecule has 0 aromatic heterocycles. The standard InChI is InChI=1S/C15H20N2O/c1-3-11-6-10(2)14-12(7-11)8-13-9-16-4-5-17(13)15(14)18/h6-7,13,16H,3-5,8-9H2,1-2H3/t13-/m1/s1. The van der Waals surface area contributed by atoms with Crippen molar-refractivity contribution < 1.29 is 4.79 Å². The van der Waals surface area contributed by atoms with Gasteiger partial charge in [0, 0.05) is 31.2 Å². The summed E-state index contributed by atoms with van der Waals surface area (Å²) >= 11 is 0. The molecule has 1 aromatic carbocycles. The average Bonchev–Trinajstić information content (AvgIpc) is 2.38. The van der Waals surface area contributed by atoms with Crippen molar-refractivity contribution in [1.29, 1.82) is 0 Å². The number of hydrogen-bond donors (Lipinski definition) is 1. The number of aryl methyl sites for hydroxylation is 2. The quantitative estimate of drug-likeness (QED) is 0.812. The van der Waals surface area contributed by atoms with E-state index in [0.717, 1.165) is 43.6 Å². The summed E-state index contributed by atoms with van der Waals surface area (Å²) in [7, 11) is 0. The van der Waals surface area contributed by atoms with E-state index >= 15 is 0 Å². The van der Waals surface area contributed by atoms with Crippen LogP contribution in [-0.2, 0) is 12.8 Å². The number of carbonyl (C=O) groups is 1. The Bertz CT molecular complexity index is 496. The summed E-state index contributed by atoms with van der Waals surface area (Å²) < 4.78 is 0. The lowest BCUT2D eigenvalue weighted by Gasteiger charge is -2.41. The summed E-state index contributed by atoms with van der Waals surface area (Å²) in [4.78, 5) is 14.6. The van der Waals surface area contributed by atoms with E-state index in [4.69, 9.17) is 0 Å². The second-order valence-corrected chi connectivity index (χ2v) is 5.36. The molecular weight excluding hydrogens is 224 g/mol. The third kappa shape index (κ3) is 1.74. The van der Waals surface area contributed by atoms with Gasteiger partial charge < -0.3 is 10.2 Å². The first-order valence-electron chi connectivity index (χ1n) is 6.84. The second kappa shape index (κ2) is 4.39. The van der Waals surface area contributed by atoms with E-state index in [2.05, 4.69) is 36.2 Å². The molecule has 1 saturated heterocycles. The summed E-state index contributed by atoms with van der Waals surface area (Å²) in [5.41, 5.74) is 4.70. The van der Waals surface area contributed by atoms with Crippen LogP contribution in [-0.4, -0.2) is 36.5 Å². The highest BCUT2D eigenvalue weighted by atomic mass is 16.2. The summed E-state index contributed by atoms with van der Waals surface area (Å²) in [6, 6.07) is 4.75. The Balaban J connectivity index is 2.06. The molecule has 3 nitrogen and oxygen atoms in total. The molecule has 2 aliphatic rings. The Morgan fingerprint density at radius 3 is 3.06 bits per heavy atom. The number of nitrogens with zero attached hydrogens (tertiary/aromatic N) is 1. The SMILES string of the molecule is CCc1cc(C)c2c(c1)C[C@@H]1CNCCN1C2=O. The molecule has 1 fully saturated rings. The third-order valence-electron chi connectivity index (χ3n) is 4.17. The van der Waals surface area contributed by atoms with E-state index in [1.165, 1.54) is 11.1 Å². The van der Waals surface area contributed by atoms with Crippen LogP contribution in [0.1, 0.15) is 34.0 Å². The van der Waals surface area contributed by atoms with Gasteiger partial charge in [-0.2, -0.15) is 0 Å². The average molecular weight is 244 g/mol. The predicted molar refractivity (Wildman–Crippen MR) is 72.0 cm³/mol. The topological polar surface area (TPSA) is 32.3 Å². The van der Waals surface area contributed by atoms with Crippen molar-refractivity contribution >= 4 is 5.91 Å². The Kier molecular flexibility index (Phi) is 2.86. The molecule has 0 unspecified atom stereocenters. The smallest absolute Gasteiger partial charge is 0.254 e. The van der Waals surface area contributed by atoms with Crippen LogP contribution in [0.2, 0.25) is 0 Å². The van der Waals surface area contributed by atoms with Crippen molar-refractivity contribution in [3.8, 4) is 0 Å². The van der Waals surface area contributed by atoms with Crippen molar-refractivity contribution in [3.05, 3.63) is 34.4 Å². The minimum atomic E-state index is 0.239. The van der Waals surface area contributed by atoms with Gasteiger partial charge in [0.2, 0.25) is 0 Å². The molecule has 0 spiro atoms. The predicted octanol–water partition coefficient (Wildman–Crippen LogP) is 1.53. The minimum Gasteiger partial charge on any atom is -0.333 e. The van der Waals surface area contributed by atoms with Crippen LogP contribution in [0.5, 0.6) is 0 Å². The molecule has 0 saturated carbocycles. The lowest BCUT2D eigenvalue weighted by Crippen LogP contribution is -2.56. The number of rotatable bonds is 1. The van der Waals surface area contributed by atoms with E-state index in [0.29, 0.717) is 6.04 Å². The summed E-state index contributed by atoms with van der Waals surface area (Å²) in [5, 5.41) is 3.38. The zero-order valence-corrected chi connectivity index (χ0v) is 11.1. The molecule has 0 bridgehead atoms. The number of piperazine rings is 1. The van der Waals surface area contributed by atoms with Gasteiger partial charge in [0.05, 0.1) is 0 Å². The molecule has 3 rings (SSSR count). The Labute approximate surface area is 108 Å². The van der Waals surface area contributed by atoms with Gasteiger partial charge in [-0.05, 0) is 36.5 Å². The highest BCUT2D eigenvalue weighted by molar-refractivity contribution is 5.98. The van der Waals surface area contributed by atoms with Gasteiger partial charge in [-0.3, -0.25) is 4.79 Å². The Morgan fingerprint density at radius 1 is 1.44 bits per heavy atom. The van der Waals surface area contributed by atoms with Crippen LogP contribution >= 0.6 is 0 Å². The summed E-state index contributed by atoms with van der Waals surface area (Å²) in [6.07, 6.45) is 2.04. The van der Waals surface area contributed by atoms with Gasteiger partial charge in [-0.25, -0.2) is 0 Å². The highest BCUT2D eigenvalue weighted by Gasteiger charge is 2.34. The molecule has 1 amide bonds. The lowest BCUT2D eigenvalue weighted by atomic mass is 9.87. The lowest BCUT2D eigenvalue weighted by molar-refractivity contribution is 0.0605. The first-order chi connectivity index (χ1) is 8.70. The number of benzene rings is 1. The molecule has 1 aromatic rings. The maximum absolute atomic E-state index is 12.6. The zero-order chi connectivity index (χ0) is 12.7. The molecule has 96 valence electrons. The number of carbonyl (C=O) groups excluding carboxylic acids is 1. The van der Waals surface area contributed by atoms with E-state index in [1.807, 2.05) is 0 Å². The molecule has 3 heteroatoms. The van der Waals surface area contributed by atoms with Gasteiger partial charge >= 0.3 is 0 Å². The van der Waals surface area contributed by atoms with Gasteiger partial charge in [-0.15, -0.1) is 0 Å². The second-order valence-electron chi connectivity index (χ2n) is 5.36. The van der Waals surface area contributed by atoms with E-state index in [9.17, 15) is 4.79 Å². The summed E-state index contributed by atoms with van der Waals surface area (Å²) in [5.74, 6) is 0.239. The molecular formula is C15H20N2O. The number of hydrogen-bond acceptors (Lipinski definition) is 2. The minimum absolute atomic E-state index is 0.239. The van der Waals surface area contributed by atoms with Crippen LogP contribution in [0.25, 0.3) is 0 Å². The molecule has 2 aliphatic heterocycles. The molecule has 0 aliphatic carbocycles. The van der Waals surface area contributed by atoms with Crippen LogP contribution in [0.3, 0.4) is 0 Å².